The molecule has 1 aliphatic rings. The zero-order chi connectivity index (χ0) is 13.5. The van der Waals surface area contributed by atoms with E-state index in [1.807, 2.05) is 0 Å². The summed E-state index contributed by atoms with van der Waals surface area (Å²) in [4.78, 5) is 10.9. The first kappa shape index (κ1) is 13.1. The fourth-order valence-corrected chi connectivity index (χ4v) is 3.51. The van der Waals surface area contributed by atoms with Gasteiger partial charge in [0.2, 0.25) is 10.0 Å². The standard InChI is InChI=1S/C11H16N2O4S/c1-7-3-8(4-7)12-18(16,17)9-5-10(11(14)15)13(2)6-9/h5-8,12H,3-4H2,1-2H3,(H,14,15). The number of aromatic carboxylic acids is 1. The Kier molecular flexibility index (Phi) is 3.20. The molecule has 0 unspecified atom stereocenters. The van der Waals surface area contributed by atoms with Crippen LogP contribution in [-0.4, -0.2) is 30.1 Å². The van der Waals surface area contributed by atoms with Gasteiger partial charge in [0.15, 0.2) is 0 Å². The molecule has 0 aromatic carbocycles. The van der Waals surface area contributed by atoms with Crippen LogP contribution < -0.4 is 4.72 Å². The van der Waals surface area contributed by atoms with Crippen molar-refractivity contribution in [2.45, 2.75) is 30.7 Å². The van der Waals surface area contributed by atoms with Gasteiger partial charge in [-0.3, -0.25) is 0 Å². The fourth-order valence-electron chi connectivity index (χ4n) is 2.18. The quantitative estimate of drug-likeness (QED) is 0.848. The summed E-state index contributed by atoms with van der Waals surface area (Å²) in [5, 5.41) is 8.88. The summed E-state index contributed by atoms with van der Waals surface area (Å²) in [6.45, 7) is 2.07. The van der Waals surface area contributed by atoms with Crippen molar-refractivity contribution in [1.82, 2.24) is 9.29 Å². The Morgan fingerprint density at radius 3 is 2.56 bits per heavy atom. The summed E-state index contributed by atoms with van der Waals surface area (Å²) in [6, 6.07) is 1.14. The molecule has 0 aliphatic heterocycles. The van der Waals surface area contributed by atoms with Crippen molar-refractivity contribution >= 4 is 16.0 Å². The number of nitrogens with one attached hydrogen (secondary N) is 1. The normalized spacial score (nSPS) is 23.7. The van der Waals surface area contributed by atoms with Crippen molar-refractivity contribution in [2.24, 2.45) is 13.0 Å². The monoisotopic (exact) mass is 272 g/mol. The van der Waals surface area contributed by atoms with E-state index in [0.29, 0.717) is 5.92 Å². The number of hydrogen-bond acceptors (Lipinski definition) is 3. The highest BCUT2D eigenvalue weighted by atomic mass is 32.2. The van der Waals surface area contributed by atoms with Crippen molar-refractivity contribution in [3.05, 3.63) is 18.0 Å². The number of aromatic nitrogens is 1. The second-order valence-electron chi connectivity index (χ2n) is 4.87. The Balaban J connectivity index is 2.19. The lowest BCUT2D eigenvalue weighted by Gasteiger charge is -2.32. The predicted octanol–water partition coefficient (Wildman–Crippen LogP) is 0.800. The largest absolute Gasteiger partial charge is 0.477 e. The molecule has 0 radical (unpaired) electrons. The molecule has 1 fully saturated rings. The molecule has 0 atom stereocenters. The van der Waals surface area contributed by atoms with Crippen LogP contribution in [-0.2, 0) is 17.1 Å². The molecular weight excluding hydrogens is 256 g/mol. The number of carbonyl (C=O) groups is 1. The lowest BCUT2D eigenvalue weighted by Crippen LogP contribution is -2.43. The summed E-state index contributed by atoms with van der Waals surface area (Å²) in [6.07, 6.45) is 2.98. The zero-order valence-corrected chi connectivity index (χ0v) is 11.1. The first-order valence-electron chi connectivity index (χ1n) is 5.71. The molecule has 0 saturated heterocycles. The minimum Gasteiger partial charge on any atom is -0.477 e. The van der Waals surface area contributed by atoms with Gasteiger partial charge in [0.05, 0.1) is 0 Å². The maximum absolute atomic E-state index is 12.0. The van der Waals surface area contributed by atoms with Crippen LogP contribution >= 0.6 is 0 Å². The Hall–Kier alpha value is -1.34. The third kappa shape index (κ3) is 2.41. The van der Waals surface area contributed by atoms with E-state index in [1.165, 1.54) is 23.9 Å². The van der Waals surface area contributed by atoms with Crippen molar-refractivity contribution in [3.63, 3.8) is 0 Å². The van der Waals surface area contributed by atoms with Crippen molar-refractivity contribution in [1.29, 1.82) is 0 Å². The van der Waals surface area contributed by atoms with Gasteiger partial charge in [0, 0.05) is 19.3 Å². The Bertz CT molecular complexity index is 570. The molecular formula is C11H16N2O4S. The summed E-state index contributed by atoms with van der Waals surface area (Å²) in [5.41, 5.74) is -0.0441. The van der Waals surface area contributed by atoms with Crippen LogP contribution in [0.25, 0.3) is 0 Å². The fraction of sp³-hybridized carbons (Fsp3) is 0.545. The Morgan fingerprint density at radius 1 is 1.50 bits per heavy atom. The van der Waals surface area contributed by atoms with E-state index in [-0.39, 0.29) is 16.6 Å². The molecule has 7 heteroatoms. The van der Waals surface area contributed by atoms with Gasteiger partial charge >= 0.3 is 5.97 Å². The second kappa shape index (κ2) is 4.40. The number of nitrogens with zero attached hydrogens (tertiary/aromatic N) is 1. The maximum atomic E-state index is 12.0. The maximum Gasteiger partial charge on any atom is 0.352 e. The summed E-state index contributed by atoms with van der Waals surface area (Å²) in [5.74, 6) is -0.598. The molecule has 1 aliphatic carbocycles. The van der Waals surface area contributed by atoms with Crippen LogP contribution in [0.15, 0.2) is 17.2 Å². The van der Waals surface area contributed by atoms with Gasteiger partial charge < -0.3 is 9.67 Å². The number of sulfonamides is 1. The van der Waals surface area contributed by atoms with Crippen LogP contribution in [0, 0.1) is 5.92 Å². The van der Waals surface area contributed by atoms with Crippen LogP contribution in [0.2, 0.25) is 0 Å². The summed E-state index contributed by atoms with van der Waals surface area (Å²) in [7, 11) is -2.11. The third-order valence-electron chi connectivity index (χ3n) is 3.20. The minimum absolute atomic E-state index is 0.00181. The summed E-state index contributed by atoms with van der Waals surface area (Å²) >= 11 is 0. The molecule has 6 nitrogen and oxygen atoms in total. The van der Waals surface area contributed by atoms with E-state index in [9.17, 15) is 13.2 Å². The van der Waals surface area contributed by atoms with E-state index >= 15 is 0 Å². The van der Waals surface area contributed by atoms with Gasteiger partial charge in [-0.1, -0.05) is 6.92 Å². The first-order chi connectivity index (χ1) is 8.29. The van der Waals surface area contributed by atoms with E-state index in [1.54, 1.807) is 0 Å². The Morgan fingerprint density at radius 2 is 2.11 bits per heavy atom. The molecule has 0 spiro atoms. The van der Waals surface area contributed by atoms with Gasteiger partial charge in [-0.25, -0.2) is 17.9 Å². The zero-order valence-electron chi connectivity index (χ0n) is 10.3. The average molecular weight is 272 g/mol. The SMILES string of the molecule is CC1CC(NS(=O)(=O)c2cc(C(=O)O)n(C)c2)C1. The number of hydrogen-bond donors (Lipinski definition) is 2. The lowest BCUT2D eigenvalue weighted by molar-refractivity contribution is 0.0686. The van der Waals surface area contributed by atoms with E-state index < -0.39 is 16.0 Å². The summed E-state index contributed by atoms with van der Waals surface area (Å²) < 4.78 is 27.9. The molecule has 2 rings (SSSR count). The highest BCUT2D eigenvalue weighted by molar-refractivity contribution is 7.89. The van der Waals surface area contributed by atoms with Gasteiger partial charge in [0.1, 0.15) is 10.6 Å². The highest BCUT2D eigenvalue weighted by Gasteiger charge is 2.30. The molecule has 2 N–H and O–H groups in total. The third-order valence-corrected chi connectivity index (χ3v) is 4.69. The molecule has 0 amide bonds. The van der Waals surface area contributed by atoms with Crippen molar-refractivity contribution in [3.8, 4) is 0 Å². The number of aryl methyl sites for hydroxylation is 1. The van der Waals surface area contributed by atoms with E-state index in [0.717, 1.165) is 12.8 Å². The van der Waals surface area contributed by atoms with Crippen LogP contribution in [0.5, 0.6) is 0 Å². The van der Waals surface area contributed by atoms with Crippen LogP contribution in [0.1, 0.15) is 30.3 Å². The predicted molar refractivity (Wildman–Crippen MR) is 64.9 cm³/mol. The molecule has 1 aromatic rings. The van der Waals surface area contributed by atoms with E-state index in [2.05, 4.69) is 11.6 Å². The molecule has 100 valence electrons. The molecule has 1 aromatic heterocycles. The van der Waals surface area contributed by atoms with Gasteiger partial charge in [0.25, 0.3) is 0 Å². The highest BCUT2D eigenvalue weighted by Crippen LogP contribution is 2.28. The topological polar surface area (TPSA) is 88.4 Å². The average Bonchev–Trinajstić information content (AvgIpc) is 2.58. The Labute approximate surface area is 106 Å². The molecule has 18 heavy (non-hydrogen) atoms. The van der Waals surface area contributed by atoms with Crippen LogP contribution in [0.4, 0.5) is 0 Å². The molecule has 1 saturated carbocycles. The van der Waals surface area contributed by atoms with Crippen molar-refractivity contribution < 1.29 is 18.3 Å². The second-order valence-corrected chi connectivity index (χ2v) is 6.59. The van der Waals surface area contributed by atoms with E-state index in [4.69, 9.17) is 5.11 Å². The number of carboxylic acid groups (broad SMARTS) is 1. The molecule has 0 bridgehead atoms. The smallest absolute Gasteiger partial charge is 0.352 e. The van der Waals surface area contributed by atoms with Gasteiger partial charge in [-0.05, 0) is 24.8 Å². The van der Waals surface area contributed by atoms with Crippen molar-refractivity contribution in [2.75, 3.05) is 0 Å². The van der Waals surface area contributed by atoms with Gasteiger partial charge in [-0.15, -0.1) is 0 Å². The van der Waals surface area contributed by atoms with Gasteiger partial charge in [-0.2, -0.15) is 0 Å². The number of carboxylic acids is 1. The minimum atomic E-state index is -3.61. The first-order valence-corrected chi connectivity index (χ1v) is 7.20. The van der Waals surface area contributed by atoms with Crippen LogP contribution in [0.3, 0.4) is 0 Å². The lowest BCUT2D eigenvalue weighted by atomic mass is 9.83. The number of rotatable bonds is 4. The molecule has 1 heterocycles.